The van der Waals surface area contributed by atoms with Crippen molar-refractivity contribution in [3.63, 3.8) is 0 Å². The maximum Gasteiger partial charge on any atom is 0.391 e. The number of rotatable bonds is 3. The molecule has 1 N–H and O–H groups in total. The second-order valence-electron chi connectivity index (χ2n) is 4.88. The largest absolute Gasteiger partial charge is 0.480 e. The lowest BCUT2D eigenvalue weighted by atomic mass is 9.93. The molecule has 1 atom stereocenters. The molecule has 1 saturated heterocycles. The van der Waals surface area contributed by atoms with Gasteiger partial charge >= 0.3 is 12.1 Å². The second kappa shape index (κ2) is 5.25. The monoisotopic (exact) mass is 253 g/mol. The summed E-state index contributed by atoms with van der Waals surface area (Å²) in [7, 11) is 0. The van der Waals surface area contributed by atoms with Gasteiger partial charge in [-0.2, -0.15) is 13.2 Å². The summed E-state index contributed by atoms with van der Waals surface area (Å²) in [5.74, 6) is -2.33. The molecule has 0 aromatic heterocycles. The molecule has 1 aliphatic rings. The average molecular weight is 253 g/mol. The molecule has 100 valence electrons. The van der Waals surface area contributed by atoms with Crippen molar-refractivity contribution < 1.29 is 23.1 Å². The Morgan fingerprint density at radius 3 is 2.06 bits per heavy atom. The second-order valence-corrected chi connectivity index (χ2v) is 4.88. The predicted octanol–water partition coefficient (Wildman–Crippen LogP) is 2.37. The zero-order valence-corrected chi connectivity index (χ0v) is 10.00. The van der Waals surface area contributed by atoms with Gasteiger partial charge < -0.3 is 5.11 Å². The minimum absolute atomic E-state index is 0. The van der Waals surface area contributed by atoms with Crippen LogP contribution in [0.15, 0.2) is 0 Å². The molecule has 0 aromatic carbocycles. The first-order chi connectivity index (χ1) is 7.73. The first-order valence-corrected chi connectivity index (χ1v) is 5.77. The Kier molecular flexibility index (Phi) is 4.41. The number of carboxylic acid groups (broad SMARTS) is 1. The number of nitrogens with zero attached hydrogens (tertiary/aromatic N) is 1. The van der Waals surface area contributed by atoms with Crippen molar-refractivity contribution in [2.24, 2.45) is 11.8 Å². The summed E-state index contributed by atoms with van der Waals surface area (Å²) in [4.78, 5) is 12.7. The summed E-state index contributed by atoms with van der Waals surface area (Å²) >= 11 is 0. The van der Waals surface area contributed by atoms with Crippen molar-refractivity contribution in [1.82, 2.24) is 4.90 Å². The molecule has 0 saturated carbocycles. The lowest BCUT2D eigenvalue weighted by Gasteiger charge is -2.37. The van der Waals surface area contributed by atoms with Gasteiger partial charge in [0.15, 0.2) is 0 Å². The summed E-state index contributed by atoms with van der Waals surface area (Å²) in [6.45, 7) is 3.96. The highest BCUT2D eigenvalue weighted by Gasteiger charge is 2.43. The number of likely N-dealkylation sites (tertiary alicyclic amines) is 1. The van der Waals surface area contributed by atoms with Gasteiger partial charge in [-0.15, -0.1) is 0 Å². The Hall–Kier alpha value is -0.780. The predicted molar refractivity (Wildman–Crippen MR) is 56.6 cm³/mol. The third-order valence-corrected chi connectivity index (χ3v) is 3.27. The number of hydrogen-bond acceptors (Lipinski definition) is 2. The van der Waals surface area contributed by atoms with E-state index in [0.717, 1.165) is 0 Å². The Morgan fingerprint density at radius 2 is 1.76 bits per heavy atom. The van der Waals surface area contributed by atoms with Crippen LogP contribution >= 0.6 is 0 Å². The lowest BCUT2D eigenvalue weighted by molar-refractivity contribution is -0.187. The smallest absolute Gasteiger partial charge is 0.391 e. The quantitative estimate of drug-likeness (QED) is 0.839. The van der Waals surface area contributed by atoms with Crippen LogP contribution in [0.25, 0.3) is 0 Å². The van der Waals surface area contributed by atoms with E-state index in [1.54, 1.807) is 18.7 Å². The Bertz CT molecular complexity index is 270. The van der Waals surface area contributed by atoms with E-state index in [1.165, 1.54) is 0 Å². The fourth-order valence-electron chi connectivity index (χ4n) is 2.37. The van der Waals surface area contributed by atoms with Crippen molar-refractivity contribution >= 4 is 5.97 Å². The van der Waals surface area contributed by atoms with Crippen LogP contribution in [-0.2, 0) is 4.79 Å². The molecule has 0 radical (unpaired) electrons. The molecule has 1 aliphatic heterocycles. The highest BCUT2D eigenvalue weighted by atomic mass is 19.4. The van der Waals surface area contributed by atoms with Crippen LogP contribution in [0.5, 0.6) is 0 Å². The van der Waals surface area contributed by atoms with Gasteiger partial charge in [-0.25, -0.2) is 0 Å². The van der Waals surface area contributed by atoms with Crippen molar-refractivity contribution in [3.05, 3.63) is 0 Å². The molecule has 1 heterocycles. The van der Waals surface area contributed by atoms with E-state index in [9.17, 15) is 18.0 Å². The van der Waals surface area contributed by atoms with Crippen LogP contribution in [0.4, 0.5) is 13.2 Å². The topological polar surface area (TPSA) is 40.5 Å². The molecule has 6 heteroatoms. The number of piperidine rings is 1. The Balaban J connectivity index is 2.59. The van der Waals surface area contributed by atoms with Crippen molar-refractivity contribution in [2.75, 3.05) is 13.1 Å². The molecule has 17 heavy (non-hydrogen) atoms. The number of aliphatic carboxylic acids is 1. The zero-order chi connectivity index (χ0) is 13.2. The zero-order valence-electron chi connectivity index (χ0n) is 10.00. The van der Waals surface area contributed by atoms with Gasteiger partial charge in [-0.3, -0.25) is 9.69 Å². The standard InChI is InChI=1S/C11H18F3NO2/c1-7(2)9(10(16)17)15-5-3-8(4-6-15)11(12,13)14/h7-9H,3-6H2,1-2H3,(H,16,17). The molecule has 1 fully saturated rings. The van der Waals surface area contributed by atoms with Crippen LogP contribution in [0.3, 0.4) is 0 Å². The molecular weight excluding hydrogens is 235 g/mol. The van der Waals surface area contributed by atoms with Crippen molar-refractivity contribution in [1.29, 1.82) is 0 Å². The van der Waals surface area contributed by atoms with E-state index in [2.05, 4.69) is 0 Å². The highest BCUT2D eigenvalue weighted by Crippen LogP contribution is 2.35. The third-order valence-electron chi connectivity index (χ3n) is 3.27. The fraction of sp³-hybridized carbons (Fsp3) is 0.909. The molecule has 0 aliphatic carbocycles. The van der Waals surface area contributed by atoms with E-state index < -0.39 is 24.1 Å². The van der Waals surface area contributed by atoms with E-state index in [-0.39, 0.29) is 31.8 Å². The first kappa shape index (κ1) is 14.3. The molecule has 0 amide bonds. The van der Waals surface area contributed by atoms with Crippen LogP contribution in [0.2, 0.25) is 0 Å². The fourth-order valence-corrected chi connectivity index (χ4v) is 2.37. The Morgan fingerprint density at radius 1 is 1.29 bits per heavy atom. The summed E-state index contributed by atoms with van der Waals surface area (Å²) in [5.41, 5.74) is 0. The minimum atomic E-state index is -4.15. The number of alkyl halides is 3. The van der Waals surface area contributed by atoms with E-state index in [4.69, 9.17) is 5.11 Å². The van der Waals surface area contributed by atoms with Gasteiger partial charge in [-0.05, 0) is 31.8 Å². The molecule has 0 aromatic rings. The van der Waals surface area contributed by atoms with Gasteiger partial charge in [0, 0.05) is 0 Å². The maximum atomic E-state index is 12.5. The van der Waals surface area contributed by atoms with Crippen LogP contribution in [-0.4, -0.2) is 41.3 Å². The van der Waals surface area contributed by atoms with Gasteiger partial charge in [0.1, 0.15) is 6.04 Å². The van der Waals surface area contributed by atoms with Crippen molar-refractivity contribution in [3.8, 4) is 0 Å². The summed E-state index contributed by atoms with van der Waals surface area (Å²) in [5, 5.41) is 9.06. The maximum absolute atomic E-state index is 12.5. The van der Waals surface area contributed by atoms with Crippen LogP contribution < -0.4 is 0 Å². The minimum Gasteiger partial charge on any atom is -0.480 e. The van der Waals surface area contributed by atoms with Gasteiger partial charge in [0.2, 0.25) is 0 Å². The molecule has 0 spiro atoms. The normalized spacial score (nSPS) is 21.8. The van der Waals surface area contributed by atoms with Crippen LogP contribution in [0.1, 0.15) is 26.7 Å². The number of carbonyl (C=O) groups is 1. The van der Waals surface area contributed by atoms with E-state index >= 15 is 0 Å². The molecular formula is C11H18F3NO2. The van der Waals surface area contributed by atoms with Gasteiger partial charge in [0.05, 0.1) is 5.92 Å². The highest BCUT2D eigenvalue weighted by molar-refractivity contribution is 5.73. The average Bonchev–Trinajstić information content (AvgIpc) is 2.15. The van der Waals surface area contributed by atoms with Crippen LogP contribution in [0, 0.1) is 11.8 Å². The SMILES string of the molecule is CC(C)C(C(=O)O)N1CCC(C(F)(F)F)CC1. The van der Waals surface area contributed by atoms with E-state index in [1.807, 2.05) is 0 Å². The first-order valence-electron chi connectivity index (χ1n) is 5.77. The molecule has 1 rings (SSSR count). The summed E-state index contributed by atoms with van der Waals surface area (Å²) < 4.78 is 37.4. The lowest BCUT2D eigenvalue weighted by Crippen LogP contribution is -2.49. The van der Waals surface area contributed by atoms with E-state index in [0.29, 0.717) is 0 Å². The van der Waals surface area contributed by atoms with Gasteiger partial charge in [-0.1, -0.05) is 13.8 Å². The number of hydrogen-bond donors (Lipinski definition) is 1. The molecule has 1 unspecified atom stereocenters. The van der Waals surface area contributed by atoms with Crippen molar-refractivity contribution in [2.45, 2.75) is 38.9 Å². The Labute approximate surface area is 98.6 Å². The van der Waals surface area contributed by atoms with Gasteiger partial charge in [0.25, 0.3) is 0 Å². The molecule has 3 nitrogen and oxygen atoms in total. The molecule has 0 bridgehead atoms. The third kappa shape index (κ3) is 3.59. The number of carboxylic acids is 1. The summed E-state index contributed by atoms with van der Waals surface area (Å²) in [6.07, 6.45) is -4.15. The summed E-state index contributed by atoms with van der Waals surface area (Å²) in [6, 6.07) is -0.677. The number of halogens is 3.